The minimum absolute atomic E-state index is 0.0315. The molecule has 11 heteroatoms. The molecule has 206 valence electrons. The van der Waals surface area contributed by atoms with Gasteiger partial charge in [-0.2, -0.15) is 17.5 Å². The summed E-state index contributed by atoms with van der Waals surface area (Å²) in [4.78, 5) is 12.4. The van der Waals surface area contributed by atoms with Crippen LogP contribution in [0.3, 0.4) is 0 Å². The summed E-state index contributed by atoms with van der Waals surface area (Å²) in [5, 5.41) is 5.54. The van der Waals surface area contributed by atoms with Crippen LogP contribution in [0.15, 0.2) is 83.8 Å². The van der Waals surface area contributed by atoms with Gasteiger partial charge in [-0.25, -0.2) is 8.42 Å². The first kappa shape index (κ1) is 28.7. The predicted molar refractivity (Wildman–Crippen MR) is 146 cm³/mol. The van der Waals surface area contributed by atoms with Crippen LogP contribution in [0.1, 0.15) is 45.9 Å². The van der Waals surface area contributed by atoms with Crippen LogP contribution in [0.2, 0.25) is 0 Å². The number of nitrogens with one attached hydrogen (secondary N) is 2. The molecule has 0 saturated carbocycles. The number of carbonyl (C=O) groups excluding carboxylic acids is 1. The van der Waals surface area contributed by atoms with E-state index in [9.17, 15) is 26.4 Å². The molecule has 3 aromatic rings. The van der Waals surface area contributed by atoms with Gasteiger partial charge >= 0.3 is 6.18 Å². The molecule has 1 aliphatic heterocycles. The molecule has 1 aliphatic rings. The van der Waals surface area contributed by atoms with Gasteiger partial charge < -0.3 is 5.32 Å². The third kappa shape index (κ3) is 6.84. The van der Waals surface area contributed by atoms with E-state index in [0.717, 1.165) is 5.56 Å². The number of carbonyl (C=O) groups is 1. The van der Waals surface area contributed by atoms with Gasteiger partial charge in [0.25, 0.3) is 5.91 Å². The highest BCUT2D eigenvalue weighted by molar-refractivity contribution is 7.89. The molecule has 0 bridgehead atoms. The Kier molecular flexibility index (Phi) is 8.73. The van der Waals surface area contributed by atoms with Crippen molar-refractivity contribution in [2.24, 2.45) is 5.92 Å². The largest absolute Gasteiger partial charge is 0.391 e. The second-order valence-corrected chi connectivity index (χ2v) is 11.7. The van der Waals surface area contributed by atoms with E-state index in [2.05, 4.69) is 10.6 Å². The minimum Gasteiger partial charge on any atom is -0.358 e. The zero-order valence-electron chi connectivity index (χ0n) is 21.1. The van der Waals surface area contributed by atoms with Gasteiger partial charge in [-0.15, -0.1) is 0 Å². The number of amides is 1. The number of aryl methyl sites for hydroxylation is 1. The summed E-state index contributed by atoms with van der Waals surface area (Å²) >= 11 is 5.26. The molecule has 39 heavy (non-hydrogen) atoms. The molecule has 0 aromatic heterocycles. The van der Waals surface area contributed by atoms with E-state index in [1.165, 1.54) is 16.4 Å². The van der Waals surface area contributed by atoms with Gasteiger partial charge in [0.05, 0.1) is 16.9 Å². The fourth-order valence-electron chi connectivity index (χ4n) is 4.66. The number of thiocarbonyl (C=S) groups is 1. The van der Waals surface area contributed by atoms with Crippen molar-refractivity contribution < 1.29 is 26.4 Å². The zero-order valence-corrected chi connectivity index (χ0v) is 22.7. The lowest BCUT2D eigenvalue weighted by molar-refractivity contribution is -0.187. The number of sulfonamides is 1. The summed E-state index contributed by atoms with van der Waals surface area (Å²) in [6.07, 6.45) is -5.17. The SMILES string of the molecule is Cc1ccc(S(=O)(=O)N2CCC(C(F)(F)F)CC2c2ccccc2CNC(=S)NC(=O)c2ccccc2)cc1. The molecule has 1 saturated heterocycles. The standard InChI is InChI=1S/C28H28F3N3O3S2/c1-19-11-13-23(14-12-19)39(36,37)34-16-15-22(28(29,30)31)17-25(34)24-10-6-5-9-21(24)18-32-27(38)33-26(35)20-7-3-2-4-8-20/h2-14,22,25H,15-18H2,1H3,(H2,32,33,35,38). The minimum atomic E-state index is -4.45. The maximum absolute atomic E-state index is 13.8. The quantitative estimate of drug-likeness (QED) is 0.380. The van der Waals surface area contributed by atoms with E-state index < -0.39 is 40.5 Å². The van der Waals surface area contributed by atoms with Crippen LogP contribution in [-0.4, -0.2) is 36.5 Å². The maximum atomic E-state index is 13.8. The Morgan fingerprint density at radius 3 is 2.31 bits per heavy atom. The van der Waals surface area contributed by atoms with E-state index in [0.29, 0.717) is 16.7 Å². The van der Waals surface area contributed by atoms with Crippen molar-refractivity contribution in [3.05, 3.63) is 101 Å². The monoisotopic (exact) mass is 575 g/mol. The molecule has 2 N–H and O–H groups in total. The van der Waals surface area contributed by atoms with E-state index in [1.54, 1.807) is 66.7 Å². The van der Waals surface area contributed by atoms with Crippen LogP contribution in [0.4, 0.5) is 13.2 Å². The predicted octanol–water partition coefficient (Wildman–Crippen LogP) is 5.50. The lowest BCUT2D eigenvalue weighted by Gasteiger charge is -2.40. The lowest BCUT2D eigenvalue weighted by atomic mass is 9.86. The number of nitrogens with zero attached hydrogens (tertiary/aromatic N) is 1. The Morgan fingerprint density at radius 1 is 1.00 bits per heavy atom. The first-order valence-corrected chi connectivity index (χ1v) is 14.2. The molecule has 0 spiro atoms. The summed E-state index contributed by atoms with van der Waals surface area (Å²) in [6.45, 7) is 1.64. The number of rotatable bonds is 6. The highest BCUT2D eigenvalue weighted by Gasteiger charge is 2.47. The Bertz CT molecular complexity index is 1430. The van der Waals surface area contributed by atoms with Gasteiger partial charge in [0.1, 0.15) is 0 Å². The fraction of sp³-hybridized carbons (Fsp3) is 0.286. The Hall–Kier alpha value is -3.28. The number of benzene rings is 3. The number of hydrogen-bond donors (Lipinski definition) is 2. The van der Waals surface area contributed by atoms with Crippen LogP contribution in [0, 0.1) is 12.8 Å². The van der Waals surface area contributed by atoms with Gasteiger partial charge in [-0.05, 0) is 67.4 Å². The second kappa shape index (κ2) is 11.8. The molecular formula is C28H28F3N3O3S2. The van der Waals surface area contributed by atoms with Crippen LogP contribution >= 0.6 is 12.2 Å². The van der Waals surface area contributed by atoms with E-state index in [4.69, 9.17) is 12.2 Å². The molecule has 2 atom stereocenters. The van der Waals surface area contributed by atoms with Crippen molar-refractivity contribution in [3.8, 4) is 0 Å². The summed E-state index contributed by atoms with van der Waals surface area (Å²) in [7, 11) is -4.08. The van der Waals surface area contributed by atoms with Crippen molar-refractivity contribution in [2.75, 3.05) is 6.54 Å². The van der Waals surface area contributed by atoms with Crippen molar-refractivity contribution in [1.29, 1.82) is 0 Å². The first-order valence-electron chi connectivity index (χ1n) is 12.3. The van der Waals surface area contributed by atoms with Crippen molar-refractivity contribution in [3.63, 3.8) is 0 Å². The second-order valence-electron chi connectivity index (χ2n) is 9.41. The fourth-order valence-corrected chi connectivity index (χ4v) is 6.46. The average Bonchev–Trinajstić information content (AvgIpc) is 2.92. The number of alkyl halides is 3. The molecule has 4 rings (SSSR count). The van der Waals surface area contributed by atoms with Gasteiger partial charge in [-0.1, -0.05) is 60.2 Å². The molecule has 1 amide bonds. The summed E-state index contributed by atoms with van der Waals surface area (Å²) in [6, 6.07) is 20.4. The number of piperidine rings is 1. The van der Waals surface area contributed by atoms with Crippen LogP contribution < -0.4 is 10.6 Å². The van der Waals surface area contributed by atoms with E-state index >= 15 is 0 Å². The summed E-state index contributed by atoms with van der Waals surface area (Å²) in [5.41, 5.74) is 2.31. The van der Waals surface area contributed by atoms with Gasteiger partial charge in [-0.3, -0.25) is 10.1 Å². The Balaban J connectivity index is 1.60. The maximum Gasteiger partial charge on any atom is 0.391 e. The molecule has 0 aliphatic carbocycles. The van der Waals surface area contributed by atoms with Crippen LogP contribution in [0.25, 0.3) is 0 Å². The third-order valence-electron chi connectivity index (χ3n) is 6.76. The van der Waals surface area contributed by atoms with Gasteiger partial charge in [0.2, 0.25) is 10.0 Å². The molecule has 6 nitrogen and oxygen atoms in total. The van der Waals surface area contributed by atoms with Crippen molar-refractivity contribution >= 4 is 33.3 Å². The summed E-state index contributed by atoms with van der Waals surface area (Å²) in [5.74, 6) is -2.05. The normalized spacial score (nSPS) is 18.4. The Labute approximate surface area is 231 Å². The molecule has 3 aromatic carbocycles. The highest BCUT2D eigenvalue weighted by Crippen LogP contribution is 2.44. The molecule has 1 heterocycles. The van der Waals surface area contributed by atoms with Crippen molar-refractivity contribution in [2.45, 2.75) is 43.4 Å². The number of halogens is 3. The summed E-state index contributed by atoms with van der Waals surface area (Å²) < 4.78 is 69.8. The topological polar surface area (TPSA) is 78.5 Å². The van der Waals surface area contributed by atoms with E-state index in [1.807, 2.05) is 6.92 Å². The number of hydrogen-bond acceptors (Lipinski definition) is 4. The zero-order chi connectivity index (χ0) is 28.2. The molecule has 0 radical (unpaired) electrons. The molecular weight excluding hydrogens is 547 g/mol. The van der Waals surface area contributed by atoms with Crippen LogP contribution in [0.5, 0.6) is 0 Å². The van der Waals surface area contributed by atoms with Crippen molar-refractivity contribution in [1.82, 2.24) is 14.9 Å². The average molecular weight is 576 g/mol. The lowest BCUT2D eigenvalue weighted by Crippen LogP contribution is -2.44. The molecule has 1 fully saturated rings. The third-order valence-corrected chi connectivity index (χ3v) is 8.93. The molecule has 2 unspecified atom stereocenters. The smallest absolute Gasteiger partial charge is 0.358 e. The first-order chi connectivity index (χ1) is 18.5. The van der Waals surface area contributed by atoms with Gasteiger partial charge in [0.15, 0.2) is 5.11 Å². The van der Waals surface area contributed by atoms with E-state index in [-0.39, 0.29) is 29.5 Å². The van der Waals surface area contributed by atoms with Crippen LogP contribution in [-0.2, 0) is 16.6 Å². The Morgan fingerprint density at radius 2 is 1.64 bits per heavy atom. The highest BCUT2D eigenvalue weighted by atomic mass is 32.2. The van der Waals surface area contributed by atoms with Gasteiger partial charge in [0, 0.05) is 18.7 Å².